The van der Waals surface area contributed by atoms with Gasteiger partial charge in [0.25, 0.3) is 5.91 Å². The first-order valence-corrected chi connectivity index (χ1v) is 12.0. The zero-order valence-electron chi connectivity index (χ0n) is 18.9. The van der Waals surface area contributed by atoms with Gasteiger partial charge in [-0.05, 0) is 55.2 Å². The van der Waals surface area contributed by atoms with E-state index in [9.17, 15) is 13.6 Å². The van der Waals surface area contributed by atoms with Crippen LogP contribution in [-0.4, -0.2) is 32.2 Å². The SMILES string of the molecule is O=C(Nc1nc(COc2ccc(CCCCn3ccnn3)cc2)cs1)c1ccc2c(c1)OC(F)(F)O2. The minimum atomic E-state index is -3.74. The van der Waals surface area contributed by atoms with E-state index in [4.69, 9.17) is 4.74 Å². The number of carbonyl (C=O) groups is 1. The normalized spacial score (nSPS) is 13.5. The van der Waals surface area contributed by atoms with Crippen molar-refractivity contribution in [2.45, 2.75) is 38.7 Å². The molecule has 1 aliphatic rings. The van der Waals surface area contributed by atoms with Crippen molar-refractivity contribution in [2.24, 2.45) is 0 Å². The van der Waals surface area contributed by atoms with Crippen molar-refractivity contribution >= 4 is 22.4 Å². The summed E-state index contributed by atoms with van der Waals surface area (Å²) in [5.74, 6) is -0.104. The lowest BCUT2D eigenvalue weighted by Gasteiger charge is -2.06. The number of unbranched alkanes of at least 4 members (excludes halogenated alkanes) is 1. The Bertz CT molecular complexity index is 1330. The zero-order valence-corrected chi connectivity index (χ0v) is 19.7. The van der Waals surface area contributed by atoms with Crippen LogP contribution in [0.1, 0.15) is 34.5 Å². The molecule has 2 aromatic carbocycles. The fourth-order valence-electron chi connectivity index (χ4n) is 3.55. The van der Waals surface area contributed by atoms with E-state index in [1.807, 2.05) is 35.1 Å². The van der Waals surface area contributed by atoms with Gasteiger partial charge in [-0.2, -0.15) is 0 Å². The van der Waals surface area contributed by atoms with E-state index in [1.165, 1.54) is 35.1 Å². The number of nitrogens with one attached hydrogen (secondary N) is 1. The number of aryl methyl sites for hydroxylation is 2. The molecule has 0 spiro atoms. The largest absolute Gasteiger partial charge is 0.586 e. The summed E-state index contributed by atoms with van der Waals surface area (Å²) in [7, 11) is 0. The van der Waals surface area contributed by atoms with Crippen LogP contribution in [0, 0.1) is 0 Å². The van der Waals surface area contributed by atoms with Crippen LogP contribution in [0.25, 0.3) is 0 Å². The number of amides is 1. The zero-order chi connectivity index (χ0) is 25.0. The third kappa shape index (κ3) is 5.95. The Morgan fingerprint density at radius 1 is 1.11 bits per heavy atom. The summed E-state index contributed by atoms with van der Waals surface area (Å²) in [6.45, 7) is 1.09. The maximum atomic E-state index is 13.2. The summed E-state index contributed by atoms with van der Waals surface area (Å²) < 4.78 is 42.7. The highest BCUT2D eigenvalue weighted by Crippen LogP contribution is 2.41. The summed E-state index contributed by atoms with van der Waals surface area (Å²) in [6.07, 6.45) is 2.84. The molecule has 0 atom stereocenters. The van der Waals surface area contributed by atoms with Crippen LogP contribution >= 0.6 is 11.3 Å². The van der Waals surface area contributed by atoms with Gasteiger partial charge in [0.15, 0.2) is 16.6 Å². The van der Waals surface area contributed by atoms with E-state index in [0.717, 1.165) is 31.6 Å². The van der Waals surface area contributed by atoms with Crippen LogP contribution in [0.4, 0.5) is 13.9 Å². The Morgan fingerprint density at radius 3 is 2.75 bits per heavy atom. The number of fused-ring (bicyclic) bond motifs is 1. The molecule has 0 saturated heterocycles. The highest BCUT2D eigenvalue weighted by atomic mass is 32.1. The number of alkyl halides is 2. The van der Waals surface area contributed by atoms with Crippen molar-refractivity contribution in [3.05, 3.63) is 77.1 Å². The molecule has 12 heteroatoms. The van der Waals surface area contributed by atoms with E-state index in [0.29, 0.717) is 10.8 Å². The van der Waals surface area contributed by atoms with Crippen molar-refractivity contribution in [1.29, 1.82) is 0 Å². The molecule has 9 nitrogen and oxygen atoms in total. The summed E-state index contributed by atoms with van der Waals surface area (Å²) in [5, 5.41) is 12.5. The van der Waals surface area contributed by atoms with Gasteiger partial charge in [0.2, 0.25) is 0 Å². The number of rotatable bonds is 10. The molecule has 186 valence electrons. The fraction of sp³-hybridized carbons (Fsp3) is 0.250. The molecule has 0 saturated carbocycles. The molecule has 1 amide bonds. The van der Waals surface area contributed by atoms with Crippen molar-refractivity contribution in [3.8, 4) is 17.2 Å². The number of ether oxygens (including phenoxy) is 3. The number of hydrogen-bond acceptors (Lipinski definition) is 8. The van der Waals surface area contributed by atoms with Crippen LogP contribution in [-0.2, 0) is 19.6 Å². The monoisotopic (exact) mass is 513 g/mol. The number of anilines is 1. The van der Waals surface area contributed by atoms with Crippen molar-refractivity contribution in [3.63, 3.8) is 0 Å². The minimum Gasteiger partial charge on any atom is -0.487 e. The number of aromatic nitrogens is 4. The lowest BCUT2D eigenvalue weighted by atomic mass is 10.1. The average molecular weight is 514 g/mol. The standard InChI is InChI=1S/C24H21F2N5O4S/c25-24(26)34-20-9-6-17(13-21(20)35-24)22(32)29-23-28-18(15-36-23)14-33-19-7-4-16(5-8-19)3-1-2-11-31-12-10-27-30-31/h4-10,12-13,15H,1-3,11,14H2,(H,28,29,32). The first-order chi connectivity index (χ1) is 17.4. The molecule has 0 aliphatic carbocycles. The average Bonchev–Trinajstić information content (AvgIpc) is 3.60. The van der Waals surface area contributed by atoms with Gasteiger partial charge in [-0.25, -0.2) is 4.98 Å². The molecule has 36 heavy (non-hydrogen) atoms. The molecule has 0 radical (unpaired) electrons. The maximum Gasteiger partial charge on any atom is 0.586 e. The summed E-state index contributed by atoms with van der Waals surface area (Å²) in [5.41, 5.74) is 2.02. The number of benzene rings is 2. The molecular weight excluding hydrogens is 492 g/mol. The quantitative estimate of drug-likeness (QED) is 0.301. The molecular formula is C24H21F2N5O4S. The third-order valence-corrected chi connectivity index (χ3v) is 6.13. The van der Waals surface area contributed by atoms with E-state index < -0.39 is 12.2 Å². The molecule has 0 unspecified atom stereocenters. The van der Waals surface area contributed by atoms with Crippen molar-refractivity contribution in [2.75, 3.05) is 5.32 Å². The molecule has 0 bridgehead atoms. The molecule has 2 aromatic heterocycles. The lowest BCUT2D eigenvalue weighted by molar-refractivity contribution is -0.286. The molecule has 3 heterocycles. The van der Waals surface area contributed by atoms with E-state index in [1.54, 1.807) is 11.6 Å². The first kappa shape index (κ1) is 23.7. The maximum absolute atomic E-state index is 13.2. The molecule has 1 N–H and O–H groups in total. The highest BCUT2D eigenvalue weighted by molar-refractivity contribution is 7.13. The fourth-order valence-corrected chi connectivity index (χ4v) is 4.24. The summed E-state index contributed by atoms with van der Waals surface area (Å²) >= 11 is 1.24. The van der Waals surface area contributed by atoms with E-state index in [-0.39, 0.29) is 23.7 Å². The van der Waals surface area contributed by atoms with Crippen LogP contribution < -0.4 is 19.5 Å². The van der Waals surface area contributed by atoms with Gasteiger partial charge in [0.05, 0.1) is 11.9 Å². The van der Waals surface area contributed by atoms with Gasteiger partial charge in [-0.1, -0.05) is 17.3 Å². The molecule has 1 aliphatic heterocycles. The minimum absolute atomic E-state index is 0.124. The Balaban J connectivity index is 1.07. The predicted octanol–water partition coefficient (Wildman–Crippen LogP) is 4.91. The van der Waals surface area contributed by atoms with Crippen LogP contribution in [0.15, 0.2) is 60.2 Å². The van der Waals surface area contributed by atoms with Gasteiger partial charge in [0.1, 0.15) is 12.4 Å². The number of nitrogens with zero attached hydrogens (tertiary/aromatic N) is 4. The Morgan fingerprint density at radius 2 is 1.94 bits per heavy atom. The second-order valence-corrected chi connectivity index (χ2v) is 8.84. The van der Waals surface area contributed by atoms with Crippen LogP contribution in [0.3, 0.4) is 0 Å². The predicted molar refractivity (Wildman–Crippen MR) is 126 cm³/mol. The summed E-state index contributed by atoms with van der Waals surface area (Å²) in [4.78, 5) is 16.8. The smallest absolute Gasteiger partial charge is 0.487 e. The lowest BCUT2D eigenvalue weighted by Crippen LogP contribution is -2.25. The second kappa shape index (κ2) is 10.3. The third-order valence-electron chi connectivity index (χ3n) is 5.32. The van der Waals surface area contributed by atoms with E-state index >= 15 is 0 Å². The first-order valence-electron chi connectivity index (χ1n) is 11.1. The van der Waals surface area contributed by atoms with Gasteiger partial charge in [-0.3, -0.25) is 14.8 Å². The second-order valence-electron chi connectivity index (χ2n) is 7.98. The van der Waals surface area contributed by atoms with E-state index in [2.05, 4.69) is 30.1 Å². The van der Waals surface area contributed by atoms with Crippen molar-refractivity contribution < 1.29 is 27.8 Å². The molecule has 4 aromatic rings. The van der Waals surface area contributed by atoms with Gasteiger partial charge in [0, 0.05) is 23.7 Å². The Hall–Kier alpha value is -4.06. The summed E-state index contributed by atoms with van der Waals surface area (Å²) in [6, 6.07) is 11.8. The van der Waals surface area contributed by atoms with Crippen molar-refractivity contribution in [1.82, 2.24) is 20.0 Å². The molecule has 0 fully saturated rings. The van der Waals surface area contributed by atoms with Gasteiger partial charge >= 0.3 is 6.29 Å². The number of thiazole rings is 1. The number of hydrogen-bond donors (Lipinski definition) is 1. The number of carbonyl (C=O) groups excluding carboxylic acids is 1. The van der Waals surface area contributed by atoms with Gasteiger partial charge < -0.3 is 14.2 Å². The van der Waals surface area contributed by atoms with Gasteiger partial charge in [-0.15, -0.1) is 25.2 Å². The topological polar surface area (TPSA) is 100 Å². The van der Waals surface area contributed by atoms with Crippen LogP contribution in [0.5, 0.6) is 17.2 Å². The highest BCUT2D eigenvalue weighted by Gasteiger charge is 2.43. The number of halogens is 2. The Kier molecular flexibility index (Phi) is 6.76. The Labute approximate surface area is 208 Å². The van der Waals surface area contributed by atoms with Crippen LogP contribution in [0.2, 0.25) is 0 Å². The molecule has 5 rings (SSSR count).